The van der Waals surface area contributed by atoms with Gasteiger partial charge in [-0.1, -0.05) is 32.9 Å². The summed E-state index contributed by atoms with van der Waals surface area (Å²) in [6.45, 7) is 7.33. The van der Waals surface area contributed by atoms with Crippen molar-refractivity contribution in [3.8, 4) is 5.75 Å². The third-order valence-corrected chi connectivity index (χ3v) is 2.60. The molecular formula is C14H20O. The van der Waals surface area contributed by atoms with E-state index in [1.54, 1.807) is 0 Å². The van der Waals surface area contributed by atoms with Crippen molar-refractivity contribution in [2.24, 2.45) is 5.41 Å². The van der Waals surface area contributed by atoms with Crippen molar-refractivity contribution in [1.29, 1.82) is 0 Å². The minimum atomic E-state index is 0.231. The van der Waals surface area contributed by atoms with E-state index in [-0.39, 0.29) is 5.41 Å². The normalized spacial score (nSPS) is 16.5. The van der Waals surface area contributed by atoms with E-state index in [2.05, 4.69) is 45.0 Å². The zero-order valence-corrected chi connectivity index (χ0v) is 9.92. The van der Waals surface area contributed by atoms with Gasteiger partial charge in [0.25, 0.3) is 0 Å². The van der Waals surface area contributed by atoms with Crippen molar-refractivity contribution in [3.05, 3.63) is 29.8 Å². The van der Waals surface area contributed by atoms with Crippen molar-refractivity contribution < 1.29 is 4.74 Å². The lowest BCUT2D eigenvalue weighted by atomic mass is 9.99. The Kier molecular flexibility index (Phi) is 2.72. The van der Waals surface area contributed by atoms with Gasteiger partial charge in [0.1, 0.15) is 5.75 Å². The van der Waals surface area contributed by atoms with Crippen LogP contribution in [0.5, 0.6) is 5.75 Å². The quantitative estimate of drug-likeness (QED) is 0.723. The van der Waals surface area contributed by atoms with E-state index in [1.807, 2.05) is 0 Å². The molecule has 0 aliphatic heterocycles. The van der Waals surface area contributed by atoms with Crippen LogP contribution < -0.4 is 4.74 Å². The summed E-state index contributed by atoms with van der Waals surface area (Å²) < 4.78 is 5.73. The third kappa shape index (κ3) is 3.26. The molecule has 82 valence electrons. The number of hydrogen-bond acceptors (Lipinski definition) is 1. The summed E-state index contributed by atoms with van der Waals surface area (Å²) in [7, 11) is 0. The molecule has 0 amide bonds. The summed E-state index contributed by atoms with van der Waals surface area (Å²) in [5, 5.41) is 0. The Morgan fingerprint density at radius 3 is 2.20 bits per heavy atom. The molecule has 1 saturated carbocycles. The summed E-state index contributed by atoms with van der Waals surface area (Å²) in [6.07, 6.45) is 2.73. The predicted molar refractivity (Wildman–Crippen MR) is 63.4 cm³/mol. The van der Waals surface area contributed by atoms with E-state index in [9.17, 15) is 0 Å². The molecule has 1 fully saturated rings. The van der Waals surface area contributed by atoms with Gasteiger partial charge in [-0.05, 0) is 41.9 Å². The van der Waals surface area contributed by atoms with Crippen LogP contribution in [-0.4, -0.2) is 6.61 Å². The van der Waals surface area contributed by atoms with Crippen LogP contribution in [0, 0.1) is 5.41 Å². The summed E-state index contributed by atoms with van der Waals surface area (Å²) in [5.74, 6) is 1.83. The van der Waals surface area contributed by atoms with Crippen LogP contribution >= 0.6 is 0 Å². The molecule has 0 atom stereocenters. The Bertz CT molecular complexity index is 314. The second-order valence-corrected chi connectivity index (χ2v) is 5.69. The highest BCUT2D eigenvalue weighted by molar-refractivity contribution is 5.31. The first kappa shape index (κ1) is 10.5. The van der Waals surface area contributed by atoms with Crippen LogP contribution in [-0.2, 0) is 0 Å². The van der Waals surface area contributed by atoms with Gasteiger partial charge in [-0.2, -0.15) is 0 Å². The highest BCUT2D eigenvalue weighted by Gasteiger charge is 2.23. The van der Waals surface area contributed by atoms with Gasteiger partial charge in [0.2, 0.25) is 0 Å². The Hall–Kier alpha value is -0.980. The van der Waals surface area contributed by atoms with Gasteiger partial charge in [-0.3, -0.25) is 0 Å². The van der Waals surface area contributed by atoms with E-state index in [0.29, 0.717) is 0 Å². The molecule has 1 nitrogen and oxygen atoms in total. The van der Waals surface area contributed by atoms with Gasteiger partial charge >= 0.3 is 0 Å². The molecule has 0 saturated heterocycles. The zero-order valence-electron chi connectivity index (χ0n) is 9.92. The molecule has 0 heterocycles. The number of benzene rings is 1. The lowest BCUT2D eigenvalue weighted by molar-refractivity contribution is 0.198. The first-order valence-corrected chi connectivity index (χ1v) is 5.77. The second-order valence-electron chi connectivity index (χ2n) is 5.69. The molecular weight excluding hydrogens is 184 g/mol. The molecule has 0 unspecified atom stereocenters. The van der Waals surface area contributed by atoms with Crippen molar-refractivity contribution in [2.75, 3.05) is 6.61 Å². The monoisotopic (exact) mass is 204 g/mol. The maximum Gasteiger partial charge on any atom is 0.119 e. The molecule has 1 aliphatic rings. The fourth-order valence-corrected chi connectivity index (χ4v) is 1.55. The van der Waals surface area contributed by atoms with Crippen molar-refractivity contribution in [2.45, 2.75) is 39.5 Å². The maximum atomic E-state index is 5.73. The zero-order chi connectivity index (χ0) is 10.9. The fraction of sp³-hybridized carbons (Fsp3) is 0.571. The van der Waals surface area contributed by atoms with Gasteiger partial charge in [-0.25, -0.2) is 0 Å². The first-order valence-electron chi connectivity index (χ1n) is 5.77. The van der Waals surface area contributed by atoms with Gasteiger partial charge in [0.15, 0.2) is 0 Å². The van der Waals surface area contributed by atoms with Gasteiger partial charge in [-0.15, -0.1) is 0 Å². The molecule has 1 aromatic rings. The molecule has 2 rings (SSSR count). The number of ether oxygens (including phenoxy) is 1. The van der Waals surface area contributed by atoms with Gasteiger partial charge < -0.3 is 4.74 Å². The largest absolute Gasteiger partial charge is 0.493 e. The molecule has 0 spiro atoms. The Morgan fingerprint density at radius 2 is 1.73 bits per heavy atom. The standard InChI is InChI=1S/C14H20O/c1-14(2,3)10-15-13-8-6-12(7-9-13)11-4-5-11/h6-9,11H,4-5,10H2,1-3H3. The van der Waals surface area contributed by atoms with Crippen molar-refractivity contribution in [1.82, 2.24) is 0 Å². The lowest BCUT2D eigenvalue weighted by Gasteiger charge is -2.18. The smallest absolute Gasteiger partial charge is 0.119 e. The molecule has 1 aliphatic carbocycles. The minimum Gasteiger partial charge on any atom is -0.493 e. The molecule has 0 aromatic heterocycles. The van der Waals surface area contributed by atoms with Gasteiger partial charge in [0, 0.05) is 0 Å². The van der Waals surface area contributed by atoms with Crippen molar-refractivity contribution in [3.63, 3.8) is 0 Å². The summed E-state index contributed by atoms with van der Waals surface area (Å²) in [5.41, 5.74) is 1.70. The molecule has 15 heavy (non-hydrogen) atoms. The Balaban J connectivity index is 1.92. The predicted octanol–water partition coefficient (Wildman–Crippen LogP) is 3.99. The average molecular weight is 204 g/mol. The Labute approximate surface area is 92.5 Å². The topological polar surface area (TPSA) is 9.23 Å². The van der Waals surface area contributed by atoms with Crippen LogP contribution in [0.3, 0.4) is 0 Å². The first-order chi connectivity index (χ1) is 7.04. The van der Waals surface area contributed by atoms with E-state index >= 15 is 0 Å². The van der Waals surface area contributed by atoms with Crippen LogP contribution in [0.4, 0.5) is 0 Å². The van der Waals surface area contributed by atoms with Gasteiger partial charge in [0.05, 0.1) is 6.61 Å². The van der Waals surface area contributed by atoms with E-state index in [4.69, 9.17) is 4.74 Å². The highest BCUT2D eigenvalue weighted by Crippen LogP contribution is 2.40. The van der Waals surface area contributed by atoms with Crippen LogP contribution in [0.1, 0.15) is 45.1 Å². The fourth-order valence-electron chi connectivity index (χ4n) is 1.55. The van der Waals surface area contributed by atoms with Crippen LogP contribution in [0.2, 0.25) is 0 Å². The lowest BCUT2D eigenvalue weighted by Crippen LogP contribution is -2.16. The van der Waals surface area contributed by atoms with E-state index in [1.165, 1.54) is 18.4 Å². The Morgan fingerprint density at radius 1 is 1.13 bits per heavy atom. The molecule has 1 heteroatoms. The van der Waals surface area contributed by atoms with E-state index < -0.39 is 0 Å². The number of hydrogen-bond donors (Lipinski definition) is 0. The SMILES string of the molecule is CC(C)(C)COc1ccc(C2CC2)cc1. The average Bonchev–Trinajstić information content (AvgIpc) is 2.98. The second kappa shape index (κ2) is 3.88. The number of rotatable bonds is 3. The maximum absolute atomic E-state index is 5.73. The summed E-state index contributed by atoms with van der Waals surface area (Å²) in [4.78, 5) is 0. The molecule has 0 radical (unpaired) electrons. The summed E-state index contributed by atoms with van der Waals surface area (Å²) >= 11 is 0. The molecule has 0 bridgehead atoms. The minimum absolute atomic E-state index is 0.231. The molecule has 1 aromatic carbocycles. The van der Waals surface area contributed by atoms with Crippen molar-refractivity contribution >= 4 is 0 Å². The van der Waals surface area contributed by atoms with E-state index in [0.717, 1.165) is 18.3 Å². The highest BCUT2D eigenvalue weighted by atomic mass is 16.5. The summed E-state index contributed by atoms with van der Waals surface area (Å²) in [6, 6.07) is 8.60. The molecule has 0 N–H and O–H groups in total. The third-order valence-electron chi connectivity index (χ3n) is 2.60. The van der Waals surface area contributed by atoms with Crippen LogP contribution in [0.15, 0.2) is 24.3 Å². The van der Waals surface area contributed by atoms with Crippen LogP contribution in [0.25, 0.3) is 0 Å².